The van der Waals surface area contributed by atoms with Crippen molar-refractivity contribution in [1.29, 1.82) is 0 Å². The Bertz CT molecular complexity index is 748. The van der Waals surface area contributed by atoms with Crippen LogP contribution in [0.15, 0.2) is 55.0 Å². The average Bonchev–Trinajstić information content (AvgIpc) is 2.85. The van der Waals surface area contributed by atoms with Gasteiger partial charge in [0.2, 0.25) is 0 Å². The summed E-state index contributed by atoms with van der Waals surface area (Å²) in [7, 11) is 1.89. The summed E-state index contributed by atoms with van der Waals surface area (Å²) in [6, 6.07) is 10.2. The number of hydrogen-bond acceptors (Lipinski definition) is 2. The number of rotatable bonds is 3. The van der Waals surface area contributed by atoms with Gasteiger partial charge >= 0.3 is 0 Å². The molecule has 0 unspecified atom stereocenters. The number of halogens is 1. The van der Waals surface area contributed by atoms with Crippen molar-refractivity contribution in [2.45, 2.75) is 6.61 Å². The highest BCUT2D eigenvalue weighted by atomic mass is 19.1. The molecule has 21 heavy (non-hydrogen) atoms. The molecule has 0 fully saturated rings. The normalized spacial score (nSPS) is 10.8. The van der Waals surface area contributed by atoms with E-state index in [1.807, 2.05) is 29.9 Å². The summed E-state index contributed by atoms with van der Waals surface area (Å²) in [5, 5.41) is 9.67. The summed E-state index contributed by atoms with van der Waals surface area (Å²) in [4.78, 5) is 4.03. The first kappa shape index (κ1) is 13.5. The van der Waals surface area contributed by atoms with Gasteiger partial charge in [0.1, 0.15) is 5.82 Å². The largest absolute Gasteiger partial charge is 0.390 e. The highest BCUT2D eigenvalue weighted by molar-refractivity contribution is 5.85. The van der Waals surface area contributed by atoms with Crippen LogP contribution < -0.4 is 0 Å². The summed E-state index contributed by atoms with van der Waals surface area (Å²) in [6.07, 6.45) is 5.39. The first-order valence-corrected chi connectivity index (χ1v) is 6.66. The van der Waals surface area contributed by atoms with Crippen molar-refractivity contribution in [3.8, 4) is 22.3 Å². The molecule has 1 aromatic carbocycles. The lowest BCUT2D eigenvalue weighted by Gasteiger charge is -2.07. The summed E-state index contributed by atoms with van der Waals surface area (Å²) < 4.78 is 15.0. The van der Waals surface area contributed by atoms with Crippen molar-refractivity contribution in [2.75, 3.05) is 0 Å². The topological polar surface area (TPSA) is 38.0 Å². The van der Waals surface area contributed by atoms with E-state index < -0.39 is 0 Å². The molecule has 3 rings (SSSR count). The molecule has 0 saturated heterocycles. The third kappa shape index (κ3) is 2.45. The van der Waals surface area contributed by atoms with Crippen molar-refractivity contribution in [3.63, 3.8) is 0 Å². The van der Waals surface area contributed by atoms with Gasteiger partial charge in [-0.15, -0.1) is 0 Å². The lowest BCUT2D eigenvalue weighted by molar-refractivity contribution is 0.273. The van der Waals surface area contributed by atoms with E-state index in [1.165, 1.54) is 12.1 Å². The number of pyridine rings is 1. The molecule has 0 radical (unpaired) electrons. The van der Waals surface area contributed by atoms with E-state index in [9.17, 15) is 9.50 Å². The third-order valence-electron chi connectivity index (χ3n) is 3.58. The van der Waals surface area contributed by atoms with Crippen LogP contribution in [-0.4, -0.2) is 14.7 Å². The number of aryl methyl sites for hydroxylation is 1. The molecule has 4 heteroatoms. The smallest absolute Gasteiger partial charge is 0.123 e. The van der Waals surface area contributed by atoms with Gasteiger partial charge in [0.15, 0.2) is 0 Å². The zero-order valence-corrected chi connectivity index (χ0v) is 11.6. The Morgan fingerprint density at radius 3 is 2.33 bits per heavy atom. The summed E-state index contributed by atoms with van der Waals surface area (Å²) >= 11 is 0. The van der Waals surface area contributed by atoms with Gasteiger partial charge in [-0.1, -0.05) is 12.1 Å². The van der Waals surface area contributed by atoms with Crippen molar-refractivity contribution in [3.05, 3.63) is 66.5 Å². The quantitative estimate of drug-likeness (QED) is 0.799. The predicted molar refractivity (Wildman–Crippen MR) is 80.0 cm³/mol. The standard InChI is InChI=1S/C17H15FN2O/c1-20-10-15(12-2-4-14(18)5-3-12)17(16(20)11-21)13-6-8-19-9-7-13/h2-10,21H,11H2,1H3. The van der Waals surface area contributed by atoms with Gasteiger partial charge < -0.3 is 9.67 Å². The second-order valence-electron chi connectivity index (χ2n) is 4.88. The molecule has 0 atom stereocenters. The molecular formula is C17H15FN2O. The number of aromatic nitrogens is 2. The van der Waals surface area contributed by atoms with E-state index in [0.717, 1.165) is 27.9 Å². The zero-order chi connectivity index (χ0) is 14.8. The molecule has 2 heterocycles. The van der Waals surface area contributed by atoms with Crippen LogP contribution in [0.2, 0.25) is 0 Å². The lowest BCUT2D eigenvalue weighted by atomic mass is 9.97. The van der Waals surface area contributed by atoms with Crippen LogP contribution in [0, 0.1) is 5.82 Å². The van der Waals surface area contributed by atoms with E-state index in [0.29, 0.717) is 0 Å². The van der Waals surface area contributed by atoms with Crippen LogP contribution in [-0.2, 0) is 13.7 Å². The molecule has 1 N–H and O–H groups in total. The zero-order valence-electron chi connectivity index (χ0n) is 11.6. The minimum Gasteiger partial charge on any atom is -0.390 e. The molecular weight excluding hydrogens is 267 g/mol. The van der Waals surface area contributed by atoms with Gasteiger partial charge in [-0.2, -0.15) is 0 Å². The fraction of sp³-hybridized carbons (Fsp3) is 0.118. The number of aliphatic hydroxyl groups is 1. The van der Waals surface area contributed by atoms with Gasteiger partial charge in [0.05, 0.1) is 12.3 Å². The third-order valence-corrected chi connectivity index (χ3v) is 3.58. The maximum Gasteiger partial charge on any atom is 0.123 e. The first-order valence-electron chi connectivity index (χ1n) is 6.66. The van der Waals surface area contributed by atoms with Crippen molar-refractivity contribution in [1.82, 2.24) is 9.55 Å². The highest BCUT2D eigenvalue weighted by Gasteiger charge is 2.16. The molecule has 0 aliphatic carbocycles. The van der Waals surface area contributed by atoms with E-state index in [-0.39, 0.29) is 12.4 Å². The Labute approximate surface area is 122 Å². The lowest BCUT2D eigenvalue weighted by Crippen LogP contribution is -1.96. The molecule has 0 amide bonds. The fourth-order valence-electron chi connectivity index (χ4n) is 2.55. The Hall–Kier alpha value is -2.46. The fourth-order valence-corrected chi connectivity index (χ4v) is 2.55. The number of hydrogen-bond donors (Lipinski definition) is 1. The SMILES string of the molecule is Cn1cc(-c2ccc(F)cc2)c(-c2ccncc2)c1CO. The maximum absolute atomic E-state index is 13.1. The molecule has 106 valence electrons. The van der Waals surface area contributed by atoms with Crippen molar-refractivity contribution >= 4 is 0 Å². The van der Waals surface area contributed by atoms with Crippen LogP contribution in [0.1, 0.15) is 5.69 Å². The van der Waals surface area contributed by atoms with Gasteiger partial charge in [0, 0.05) is 36.8 Å². The Morgan fingerprint density at radius 1 is 1.05 bits per heavy atom. The molecule has 2 aromatic heterocycles. The van der Waals surface area contributed by atoms with Crippen LogP contribution in [0.5, 0.6) is 0 Å². The monoisotopic (exact) mass is 282 g/mol. The highest BCUT2D eigenvalue weighted by Crippen LogP contribution is 2.36. The molecule has 0 aliphatic rings. The molecule has 3 nitrogen and oxygen atoms in total. The van der Waals surface area contributed by atoms with Gasteiger partial charge in [0.25, 0.3) is 0 Å². The minimum atomic E-state index is -0.262. The molecule has 0 bridgehead atoms. The van der Waals surface area contributed by atoms with Gasteiger partial charge in [-0.25, -0.2) is 4.39 Å². The Morgan fingerprint density at radius 2 is 1.71 bits per heavy atom. The molecule has 0 aliphatic heterocycles. The number of nitrogens with zero attached hydrogens (tertiary/aromatic N) is 2. The van der Waals surface area contributed by atoms with Crippen molar-refractivity contribution in [2.24, 2.45) is 7.05 Å². The minimum absolute atomic E-state index is 0.0602. The summed E-state index contributed by atoms with van der Waals surface area (Å²) in [5.74, 6) is -0.262. The van der Waals surface area contributed by atoms with Crippen LogP contribution in [0.3, 0.4) is 0 Å². The van der Waals surface area contributed by atoms with Gasteiger partial charge in [-0.05, 0) is 35.4 Å². The van der Waals surface area contributed by atoms with Crippen LogP contribution >= 0.6 is 0 Å². The van der Waals surface area contributed by atoms with E-state index in [1.54, 1.807) is 24.5 Å². The molecule has 0 spiro atoms. The van der Waals surface area contributed by atoms with Gasteiger partial charge in [-0.3, -0.25) is 4.98 Å². The Kier molecular flexibility index (Phi) is 3.54. The summed E-state index contributed by atoms with van der Waals surface area (Å²) in [6.45, 7) is -0.0602. The Balaban J connectivity index is 2.24. The van der Waals surface area contributed by atoms with Crippen LogP contribution in [0.4, 0.5) is 4.39 Å². The van der Waals surface area contributed by atoms with Crippen molar-refractivity contribution < 1.29 is 9.50 Å². The number of benzene rings is 1. The maximum atomic E-state index is 13.1. The molecule has 0 saturated carbocycles. The number of aliphatic hydroxyl groups excluding tert-OH is 1. The van der Waals surface area contributed by atoms with E-state index >= 15 is 0 Å². The second kappa shape index (κ2) is 5.50. The average molecular weight is 282 g/mol. The summed E-state index contributed by atoms with van der Waals surface area (Å²) in [5.41, 5.74) is 4.63. The predicted octanol–water partition coefficient (Wildman–Crippen LogP) is 3.39. The second-order valence-corrected chi connectivity index (χ2v) is 4.88. The first-order chi connectivity index (χ1) is 10.2. The molecule has 3 aromatic rings. The van der Waals surface area contributed by atoms with E-state index in [2.05, 4.69) is 4.98 Å². The van der Waals surface area contributed by atoms with Crippen LogP contribution in [0.25, 0.3) is 22.3 Å². The van der Waals surface area contributed by atoms with E-state index in [4.69, 9.17) is 0 Å².